The molecule has 3 heterocycles. The molecule has 182 valence electrons. The van der Waals surface area contributed by atoms with Crippen molar-refractivity contribution in [3.63, 3.8) is 0 Å². The molecule has 2 aliphatic rings. The fraction of sp³-hybridized carbons (Fsp3) is 0.524. The lowest BCUT2D eigenvalue weighted by molar-refractivity contribution is -0.134. The molecule has 1 aromatic carbocycles. The number of amides is 3. The minimum absolute atomic E-state index is 0.0801. The van der Waals surface area contributed by atoms with E-state index in [0.717, 1.165) is 13.1 Å². The molecule has 2 saturated heterocycles. The average Bonchev–Trinajstić information content (AvgIpc) is 3.28. The highest BCUT2D eigenvalue weighted by Crippen LogP contribution is 2.16. The number of hydrogen-bond acceptors (Lipinski definition) is 9. The number of nitrogens with one attached hydrogen (secondary N) is 1. The number of hydrogen-bond donors (Lipinski definition) is 1. The molecule has 0 spiro atoms. The number of ether oxygens (including phenoxy) is 1. The van der Waals surface area contributed by atoms with Crippen LogP contribution >= 0.6 is 11.8 Å². The first-order chi connectivity index (χ1) is 16.5. The molecule has 0 saturated carbocycles. The van der Waals surface area contributed by atoms with Crippen LogP contribution in [0.1, 0.15) is 10.4 Å². The molecule has 0 bridgehead atoms. The summed E-state index contributed by atoms with van der Waals surface area (Å²) in [5.41, 5.74) is 1.15. The van der Waals surface area contributed by atoms with E-state index in [2.05, 4.69) is 25.7 Å². The Morgan fingerprint density at radius 3 is 2.32 bits per heavy atom. The minimum atomic E-state index is -0.190. The summed E-state index contributed by atoms with van der Waals surface area (Å²) in [5, 5.41) is 14.4. The maximum Gasteiger partial charge on any atom is 0.253 e. The standard InChI is InChI=1S/C21H28N8O4S/c1-26-21(23-24-25-26)34-15-18(30)22-17-4-2-16(3-5-17)20(32)29-8-6-28(7-9-29)19(31)14-27-10-12-33-13-11-27/h2-5H,6-15H2,1H3,(H,22,30). The number of carbonyl (C=O) groups excluding carboxylic acids is 3. The summed E-state index contributed by atoms with van der Waals surface area (Å²) in [6.07, 6.45) is 0. The van der Waals surface area contributed by atoms with Crippen molar-refractivity contribution >= 4 is 35.2 Å². The maximum absolute atomic E-state index is 12.9. The van der Waals surface area contributed by atoms with Crippen LogP contribution in [0.5, 0.6) is 0 Å². The molecule has 34 heavy (non-hydrogen) atoms. The van der Waals surface area contributed by atoms with Crippen LogP contribution in [0.15, 0.2) is 29.4 Å². The molecule has 2 fully saturated rings. The summed E-state index contributed by atoms with van der Waals surface area (Å²) in [6.45, 7) is 5.34. The van der Waals surface area contributed by atoms with Crippen molar-refractivity contribution in [3.05, 3.63) is 29.8 Å². The lowest BCUT2D eigenvalue weighted by Crippen LogP contribution is -2.53. The summed E-state index contributed by atoms with van der Waals surface area (Å²) >= 11 is 1.24. The third kappa shape index (κ3) is 6.30. The second-order valence-corrected chi connectivity index (χ2v) is 9.00. The van der Waals surface area contributed by atoms with E-state index < -0.39 is 0 Å². The second-order valence-electron chi connectivity index (χ2n) is 8.06. The minimum Gasteiger partial charge on any atom is -0.379 e. The summed E-state index contributed by atoms with van der Waals surface area (Å²) in [5.74, 6) is -0.000179. The molecule has 0 aliphatic carbocycles. The number of aromatic nitrogens is 4. The van der Waals surface area contributed by atoms with E-state index in [1.807, 2.05) is 4.90 Å². The molecule has 2 aromatic rings. The van der Waals surface area contributed by atoms with Gasteiger partial charge in [-0.25, -0.2) is 4.68 Å². The quantitative estimate of drug-likeness (QED) is 0.516. The SMILES string of the molecule is Cn1nnnc1SCC(=O)Nc1ccc(C(=O)N2CCN(C(=O)CN3CCOCC3)CC2)cc1. The van der Waals surface area contributed by atoms with Gasteiger partial charge in [0, 0.05) is 57.6 Å². The van der Waals surface area contributed by atoms with E-state index in [1.165, 1.54) is 16.4 Å². The Labute approximate surface area is 201 Å². The summed E-state index contributed by atoms with van der Waals surface area (Å²) in [7, 11) is 1.71. The Kier molecular flexibility index (Phi) is 8.08. The molecule has 12 nitrogen and oxygen atoms in total. The number of piperazine rings is 1. The largest absolute Gasteiger partial charge is 0.379 e. The Morgan fingerprint density at radius 2 is 1.68 bits per heavy atom. The number of benzene rings is 1. The third-order valence-electron chi connectivity index (χ3n) is 5.71. The lowest BCUT2D eigenvalue weighted by atomic mass is 10.1. The van der Waals surface area contributed by atoms with E-state index >= 15 is 0 Å². The first-order valence-electron chi connectivity index (χ1n) is 11.1. The zero-order valence-corrected chi connectivity index (χ0v) is 19.9. The van der Waals surface area contributed by atoms with E-state index in [4.69, 9.17) is 4.74 Å². The molecule has 2 aliphatic heterocycles. The van der Waals surface area contributed by atoms with Gasteiger partial charge in [-0.1, -0.05) is 11.8 Å². The predicted molar refractivity (Wildman–Crippen MR) is 124 cm³/mol. The molecule has 0 atom stereocenters. The highest BCUT2D eigenvalue weighted by molar-refractivity contribution is 7.99. The second kappa shape index (κ2) is 11.4. The molecule has 0 unspecified atom stereocenters. The fourth-order valence-corrected chi connectivity index (χ4v) is 4.41. The third-order valence-corrected chi connectivity index (χ3v) is 6.72. The maximum atomic E-state index is 12.9. The number of anilines is 1. The van der Waals surface area contributed by atoms with Gasteiger partial charge in [0.05, 0.1) is 25.5 Å². The molecular formula is C21H28N8O4S. The molecule has 1 N–H and O–H groups in total. The molecule has 13 heteroatoms. The smallest absolute Gasteiger partial charge is 0.253 e. The van der Waals surface area contributed by atoms with E-state index in [-0.39, 0.29) is 23.5 Å². The molecule has 1 aromatic heterocycles. The normalized spacial score (nSPS) is 17.0. The number of rotatable bonds is 7. The Balaban J connectivity index is 1.21. The van der Waals surface area contributed by atoms with Crippen LogP contribution in [0.25, 0.3) is 0 Å². The van der Waals surface area contributed by atoms with E-state index in [1.54, 1.807) is 36.2 Å². The van der Waals surface area contributed by atoms with Crippen molar-refractivity contribution in [1.29, 1.82) is 0 Å². The lowest BCUT2D eigenvalue weighted by Gasteiger charge is -2.36. The summed E-state index contributed by atoms with van der Waals surface area (Å²) in [6, 6.07) is 6.82. The Bertz CT molecular complexity index is 1000. The van der Waals surface area contributed by atoms with E-state index in [9.17, 15) is 14.4 Å². The number of tetrazole rings is 1. The molecule has 0 radical (unpaired) electrons. The van der Waals surface area contributed by atoms with Crippen LogP contribution < -0.4 is 5.32 Å². The van der Waals surface area contributed by atoms with Gasteiger partial charge in [0.2, 0.25) is 17.0 Å². The zero-order valence-electron chi connectivity index (χ0n) is 19.1. The van der Waals surface area contributed by atoms with Gasteiger partial charge in [-0.05, 0) is 34.7 Å². The Hall–Kier alpha value is -3.03. The van der Waals surface area contributed by atoms with Gasteiger partial charge < -0.3 is 19.9 Å². The molecule has 4 rings (SSSR count). The van der Waals surface area contributed by atoms with Gasteiger partial charge in [0.25, 0.3) is 5.91 Å². The first-order valence-corrected chi connectivity index (χ1v) is 12.1. The van der Waals surface area contributed by atoms with E-state index in [0.29, 0.717) is 62.3 Å². The van der Waals surface area contributed by atoms with Crippen LogP contribution in [-0.2, 0) is 21.4 Å². The van der Waals surface area contributed by atoms with Crippen molar-refractivity contribution < 1.29 is 19.1 Å². The predicted octanol–water partition coefficient (Wildman–Crippen LogP) is -0.442. The number of thioether (sulfide) groups is 1. The number of aryl methyl sites for hydroxylation is 1. The zero-order chi connectivity index (χ0) is 23.9. The fourth-order valence-electron chi connectivity index (χ4n) is 3.76. The summed E-state index contributed by atoms with van der Waals surface area (Å²) in [4.78, 5) is 43.3. The molecular weight excluding hydrogens is 460 g/mol. The van der Waals surface area contributed by atoms with Gasteiger partial charge in [-0.3, -0.25) is 19.3 Å². The van der Waals surface area contributed by atoms with Gasteiger partial charge in [0.1, 0.15) is 0 Å². The van der Waals surface area contributed by atoms with Crippen LogP contribution in [0.2, 0.25) is 0 Å². The number of carbonyl (C=O) groups is 3. The van der Waals surface area contributed by atoms with Crippen LogP contribution in [0.4, 0.5) is 5.69 Å². The van der Waals surface area contributed by atoms with Gasteiger partial charge in [-0.15, -0.1) is 5.10 Å². The monoisotopic (exact) mass is 488 g/mol. The topological polar surface area (TPSA) is 126 Å². The van der Waals surface area contributed by atoms with Gasteiger partial charge in [0.15, 0.2) is 0 Å². The van der Waals surface area contributed by atoms with Crippen LogP contribution in [0.3, 0.4) is 0 Å². The highest BCUT2D eigenvalue weighted by Gasteiger charge is 2.26. The number of nitrogens with zero attached hydrogens (tertiary/aromatic N) is 7. The number of morpholine rings is 1. The highest BCUT2D eigenvalue weighted by atomic mass is 32.2. The molecule has 3 amide bonds. The van der Waals surface area contributed by atoms with Gasteiger partial charge >= 0.3 is 0 Å². The average molecular weight is 489 g/mol. The van der Waals surface area contributed by atoms with Crippen molar-refractivity contribution in [3.8, 4) is 0 Å². The van der Waals surface area contributed by atoms with Crippen molar-refractivity contribution in [2.75, 3.05) is 70.1 Å². The van der Waals surface area contributed by atoms with Gasteiger partial charge in [-0.2, -0.15) is 0 Å². The summed E-state index contributed by atoms with van der Waals surface area (Å²) < 4.78 is 6.82. The van der Waals surface area contributed by atoms with Crippen LogP contribution in [0, 0.1) is 0 Å². The first kappa shape index (κ1) is 24.1. The Morgan fingerprint density at radius 1 is 1.00 bits per heavy atom. The van der Waals surface area contributed by atoms with Crippen molar-refractivity contribution in [1.82, 2.24) is 34.9 Å². The van der Waals surface area contributed by atoms with Crippen molar-refractivity contribution in [2.24, 2.45) is 7.05 Å². The van der Waals surface area contributed by atoms with Crippen LogP contribution in [-0.4, -0.2) is 117 Å². The van der Waals surface area contributed by atoms with Crippen molar-refractivity contribution in [2.45, 2.75) is 5.16 Å².